The summed E-state index contributed by atoms with van der Waals surface area (Å²) in [5.74, 6) is -0.597. The molecule has 0 spiro atoms. The minimum Gasteiger partial charge on any atom is -0.475 e. The number of alkyl halides is 3. The molecule has 11 heteroatoms. The van der Waals surface area contributed by atoms with Gasteiger partial charge >= 0.3 is 12.1 Å². The lowest BCUT2D eigenvalue weighted by Gasteiger charge is -2.29. The lowest BCUT2D eigenvalue weighted by molar-refractivity contribution is -0.170. The average molecular weight is 631 g/mol. The predicted molar refractivity (Wildman–Crippen MR) is 156 cm³/mol. The van der Waals surface area contributed by atoms with Crippen LogP contribution in [0.3, 0.4) is 0 Å². The molecular formula is C30H32Cl2F3NO4S. The van der Waals surface area contributed by atoms with Crippen molar-refractivity contribution in [1.82, 2.24) is 4.98 Å². The summed E-state index contributed by atoms with van der Waals surface area (Å²) in [5.41, 5.74) is -1.07. The Balaban J connectivity index is 1.77. The van der Waals surface area contributed by atoms with Crippen molar-refractivity contribution in [2.45, 2.75) is 84.6 Å². The van der Waals surface area contributed by atoms with Crippen LogP contribution in [0.1, 0.15) is 87.3 Å². The molecule has 0 aliphatic carbocycles. The number of hydrogen-bond acceptors (Lipinski definition) is 6. The van der Waals surface area contributed by atoms with Gasteiger partial charge in [-0.05, 0) is 70.7 Å². The highest BCUT2D eigenvalue weighted by atomic mass is 35.5. The molecule has 0 saturated heterocycles. The van der Waals surface area contributed by atoms with E-state index in [0.29, 0.717) is 26.7 Å². The fraction of sp³-hybridized carbons (Fsp3) is 0.433. The van der Waals surface area contributed by atoms with Gasteiger partial charge in [-0.25, -0.2) is 9.78 Å². The topological polar surface area (TPSA) is 65.5 Å². The van der Waals surface area contributed by atoms with E-state index in [9.17, 15) is 22.8 Å². The Morgan fingerprint density at radius 1 is 0.951 bits per heavy atom. The van der Waals surface area contributed by atoms with Gasteiger partial charge in [-0.15, -0.1) is 11.3 Å². The van der Waals surface area contributed by atoms with Gasteiger partial charge in [0, 0.05) is 12.0 Å². The van der Waals surface area contributed by atoms with Crippen molar-refractivity contribution in [3.63, 3.8) is 0 Å². The zero-order chi connectivity index (χ0) is 30.9. The molecule has 0 aliphatic rings. The van der Waals surface area contributed by atoms with Gasteiger partial charge in [0.15, 0.2) is 11.4 Å². The zero-order valence-corrected chi connectivity index (χ0v) is 26.2. The number of ether oxygens (including phenoxy) is 2. The summed E-state index contributed by atoms with van der Waals surface area (Å²) in [7, 11) is 0. The number of benzene rings is 2. The molecule has 0 N–H and O–H groups in total. The van der Waals surface area contributed by atoms with Crippen LogP contribution in [0.5, 0.6) is 5.75 Å². The molecule has 0 atom stereocenters. The zero-order valence-electron chi connectivity index (χ0n) is 23.8. The molecule has 0 radical (unpaired) electrons. The highest BCUT2D eigenvalue weighted by molar-refractivity contribution is 7.17. The maximum Gasteiger partial charge on any atom is 0.416 e. The van der Waals surface area contributed by atoms with E-state index in [4.69, 9.17) is 32.7 Å². The Morgan fingerprint density at radius 3 is 2.10 bits per heavy atom. The first kappa shape index (κ1) is 32.9. The number of halogens is 5. The third-order valence-electron chi connectivity index (χ3n) is 5.92. The third-order valence-corrected chi connectivity index (χ3v) is 7.98. The van der Waals surface area contributed by atoms with Crippen LogP contribution in [0.25, 0.3) is 10.6 Å². The summed E-state index contributed by atoms with van der Waals surface area (Å²) in [6.45, 7) is 12.2. The first-order valence-electron chi connectivity index (χ1n) is 12.9. The summed E-state index contributed by atoms with van der Waals surface area (Å²) < 4.78 is 50.2. The van der Waals surface area contributed by atoms with Crippen molar-refractivity contribution in [1.29, 1.82) is 0 Å². The number of Topliss-reactive ketones (excluding diaryl/α,β-unsaturated/α-hetero) is 1. The molecule has 3 rings (SSSR count). The van der Waals surface area contributed by atoms with Crippen molar-refractivity contribution in [2.75, 3.05) is 0 Å². The highest BCUT2D eigenvalue weighted by Crippen LogP contribution is 2.39. The molecule has 2 aromatic carbocycles. The summed E-state index contributed by atoms with van der Waals surface area (Å²) in [5, 5.41) is 0.787. The Morgan fingerprint density at radius 2 is 1.56 bits per heavy atom. The lowest BCUT2D eigenvalue weighted by Crippen LogP contribution is -2.43. The van der Waals surface area contributed by atoms with Gasteiger partial charge in [-0.1, -0.05) is 55.2 Å². The number of ketones is 1. The highest BCUT2D eigenvalue weighted by Gasteiger charge is 2.36. The second-order valence-electron chi connectivity index (χ2n) is 11.4. The fourth-order valence-corrected chi connectivity index (χ4v) is 5.44. The molecule has 222 valence electrons. The monoisotopic (exact) mass is 629 g/mol. The van der Waals surface area contributed by atoms with Gasteiger partial charge in [0.2, 0.25) is 0 Å². The molecule has 0 fully saturated rings. The van der Waals surface area contributed by atoms with Crippen molar-refractivity contribution >= 4 is 46.3 Å². The summed E-state index contributed by atoms with van der Waals surface area (Å²) in [4.78, 5) is 30.9. The van der Waals surface area contributed by atoms with Crippen LogP contribution in [0, 0.1) is 0 Å². The quantitative estimate of drug-likeness (QED) is 0.174. The molecule has 41 heavy (non-hydrogen) atoms. The molecule has 0 unspecified atom stereocenters. The minimum absolute atomic E-state index is 0.0730. The van der Waals surface area contributed by atoms with Gasteiger partial charge in [0.1, 0.15) is 21.4 Å². The van der Waals surface area contributed by atoms with Gasteiger partial charge in [0.25, 0.3) is 0 Å². The van der Waals surface area contributed by atoms with E-state index in [-0.39, 0.29) is 40.3 Å². The van der Waals surface area contributed by atoms with E-state index in [1.807, 2.05) is 13.8 Å². The van der Waals surface area contributed by atoms with Crippen LogP contribution in [-0.4, -0.2) is 27.9 Å². The second-order valence-corrected chi connectivity index (χ2v) is 13.1. The molecule has 1 aromatic heterocycles. The van der Waals surface area contributed by atoms with Gasteiger partial charge < -0.3 is 9.47 Å². The Kier molecular flexibility index (Phi) is 9.88. The van der Waals surface area contributed by atoms with E-state index in [1.165, 1.54) is 12.1 Å². The summed E-state index contributed by atoms with van der Waals surface area (Å²) in [6.07, 6.45) is -4.05. The van der Waals surface area contributed by atoms with Crippen molar-refractivity contribution < 1.29 is 32.2 Å². The molecule has 0 amide bonds. The Labute approximate surface area is 252 Å². The van der Waals surface area contributed by atoms with E-state index in [0.717, 1.165) is 23.5 Å². The number of carbonyl (C=O) groups excluding carboxylic acids is 2. The van der Waals surface area contributed by atoms with Gasteiger partial charge in [-0.3, -0.25) is 4.79 Å². The molecule has 0 saturated carbocycles. The Hall–Kier alpha value is -2.62. The van der Waals surface area contributed by atoms with Crippen molar-refractivity contribution in [3.05, 3.63) is 68.1 Å². The summed E-state index contributed by atoms with van der Waals surface area (Å²) >= 11 is 14.2. The maximum atomic E-state index is 13.3. The SMILES string of the molecule is CC(C)c1nc(-c2ccc(C(F)(F)F)cc2)sc1C(=O)CCc1ccc(OC(C)(C)C(=O)OC(C)(C)C)c(Cl)c1Cl. The lowest BCUT2D eigenvalue weighted by atomic mass is 10.0. The smallest absolute Gasteiger partial charge is 0.416 e. The van der Waals surface area contributed by atoms with Gasteiger partial charge in [-0.2, -0.15) is 13.2 Å². The number of carbonyl (C=O) groups is 2. The van der Waals surface area contributed by atoms with E-state index < -0.39 is 28.9 Å². The number of aromatic nitrogens is 1. The van der Waals surface area contributed by atoms with Crippen LogP contribution in [0.2, 0.25) is 10.0 Å². The fourth-order valence-electron chi connectivity index (χ4n) is 3.77. The first-order chi connectivity index (χ1) is 18.8. The number of hydrogen-bond donors (Lipinski definition) is 0. The van der Waals surface area contributed by atoms with E-state index in [2.05, 4.69) is 4.98 Å². The second kappa shape index (κ2) is 12.3. The molecule has 0 aliphatic heterocycles. The van der Waals surface area contributed by atoms with Crippen LogP contribution >= 0.6 is 34.5 Å². The number of thiazole rings is 1. The normalized spacial score (nSPS) is 12.5. The van der Waals surface area contributed by atoms with Crippen LogP contribution in [-0.2, 0) is 22.1 Å². The van der Waals surface area contributed by atoms with Crippen LogP contribution in [0.4, 0.5) is 13.2 Å². The van der Waals surface area contributed by atoms with Gasteiger partial charge in [0.05, 0.1) is 21.2 Å². The first-order valence-corrected chi connectivity index (χ1v) is 14.5. The third kappa shape index (κ3) is 8.23. The van der Waals surface area contributed by atoms with Crippen LogP contribution < -0.4 is 4.74 Å². The minimum atomic E-state index is -4.44. The molecule has 0 bridgehead atoms. The number of aryl methyl sites for hydroxylation is 1. The van der Waals surface area contributed by atoms with Crippen molar-refractivity contribution in [2.24, 2.45) is 0 Å². The Bertz CT molecular complexity index is 1430. The number of rotatable bonds is 9. The van der Waals surface area contributed by atoms with Crippen molar-refractivity contribution in [3.8, 4) is 16.3 Å². The largest absolute Gasteiger partial charge is 0.475 e. The maximum absolute atomic E-state index is 13.3. The molecule has 1 heterocycles. The van der Waals surface area contributed by atoms with E-state index >= 15 is 0 Å². The van der Waals surface area contributed by atoms with E-state index in [1.54, 1.807) is 46.8 Å². The predicted octanol–water partition coefficient (Wildman–Crippen LogP) is 9.57. The number of nitrogens with zero attached hydrogens (tertiary/aromatic N) is 1. The standard InChI is InChI=1S/C30H32Cl2F3NO4S/c1-16(2)24-25(41-26(36-24)18-8-12-19(13-9-18)30(33,34)35)20(37)14-10-17-11-15-21(23(32)22(17)31)39-29(6,7)27(38)40-28(3,4)5/h8-9,11-13,15-16H,10,14H2,1-7H3. The molecule has 5 nitrogen and oxygen atoms in total. The summed E-state index contributed by atoms with van der Waals surface area (Å²) in [6, 6.07) is 7.99. The molecule has 3 aromatic rings. The van der Waals surface area contributed by atoms with Crippen LogP contribution in [0.15, 0.2) is 36.4 Å². The number of esters is 1. The average Bonchev–Trinajstić information content (AvgIpc) is 3.31. The molecular weight excluding hydrogens is 598 g/mol.